The van der Waals surface area contributed by atoms with Crippen LogP contribution in [-0.2, 0) is 0 Å². The van der Waals surface area contributed by atoms with Crippen LogP contribution in [0, 0.1) is 0 Å². The van der Waals surface area contributed by atoms with Gasteiger partial charge in [-0.05, 0) is 88.6 Å². The van der Waals surface area contributed by atoms with Crippen molar-refractivity contribution in [3.63, 3.8) is 0 Å². The van der Waals surface area contributed by atoms with Crippen LogP contribution in [0.15, 0.2) is 176 Å². The fourth-order valence-electron chi connectivity index (χ4n) is 10.2. The van der Waals surface area contributed by atoms with E-state index in [4.69, 9.17) is 9.72 Å². The molecule has 0 spiro atoms. The summed E-state index contributed by atoms with van der Waals surface area (Å²) in [5.41, 5.74) is 6.77. The molecule has 10 aromatic carbocycles. The molecule has 1 aliphatic carbocycles. The van der Waals surface area contributed by atoms with Crippen molar-refractivity contribution in [3.8, 4) is 28.1 Å². The first-order valence-electron chi connectivity index (χ1n) is 19.9. The Balaban J connectivity index is 1.16. The molecule has 2 nitrogen and oxygen atoms in total. The normalized spacial score (nSPS) is 15.8. The first-order valence-corrected chi connectivity index (χ1v) is 19.9. The second-order valence-electron chi connectivity index (χ2n) is 15.7. The summed E-state index contributed by atoms with van der Waals surface area (Å²) in [7, 11) is 0. The molecule has 0 radical (unpaired) electrons. The Bertz CT molecular complexity index is 3640. The molecular formula is C55H33NO. The van der Waals surface area contributed by atoms with Crippen molar-refractivity contribution in [2.45, 2.75) is 12.0 Å². The Labute approximate surface area is 328 Å². The van der Waals surface area contributed by atoms with E-state index < -0.39 is 0 Å². The number of hydrogen-bond donors (Lipinski definition) is 0. The highest BCUT2D eigenvalue weighted by atomic mass is 16.5. The third-order valence-corrected chi connectivity index (χ3v) is 12.7. The van der Waals surface area contributed by atoms with Gasteiger partial charge in [-0.2, -0.15) is 0 Å². The van der Waals surface area contributed by atoms with Crippen molar-refractivity contribution >= 4 is 87.7 Å². The van der Waals surface area contributed by atoms with Crippen LogP contribution in [0.5, 0.6) is 5.75 Å². The molecule has 2 aliphatic rings. The minimum atomic E-state index is -0.0738. The molecule has 0 saturated heterocycles. The first kappa shape index (κ1) is 31.0. The molecule has 0 fully saturated rings. The standard InChI is InChI=1S/C55H33NO/c1-3-16-35-30-48-45(27-33(35)14-1)50-38-19-7-5-13-32(38)25-26-44(50)54(56-48)52-42-23-11-9-21-40(42)51(41-22-10-12-24-43(41)52)47-29-37-18-6-8-20-39(37)53-46-28-34-15-2-4-17-36(34)31-49(46)57-55(47)53/h1-31,46,49H. The quantitative estimate of drug-likeness (QED) is 0.131. The first-order chi connectivity index (χ1) is 28.3. The molecule has 0 amide bonds. The van der Waals surface area contributed by atoms with Crippen LogP contribution in [0.1, 0.15) is 11.5 Å². The number of hydrogen-bond acceptors (Lipinski definition) is 2. The van der Waals surface area contributed by atoms with Crippen molar-refractivity contribution in [1.29, 1.82) is 0 Å². The van der Waals surface area contributed by atoms with Crippen molar-refractivity contribution in [1.82, 2.24) is 4.98 Å². The number of rotatable bonds is 2. The highest BCUT2D eigenvalue weighted by molar-refractivity contribution is 6.29. The van der Waals surface area contributed by atoms with E-state index in [1.165, 1.54) is 86.2 Å². The van der Waals surface area contributed by atoms with Gasteiger partial charge in [0, 0.05) is 44.3 Å². The zero-order valence-electron chi connectivity index (χ0n) is 30.9. The van der Waals surface area contributed by atoms with E-state index >= 15 is 0 Å². The lowest BCUT2D eigenvalue weighted by Gasteiger charge is -2.21. The van der Waals surface area contributed by atoms with Gasteiger partial charge in [0.25, 0.3) is 0 Å². The fourth-order valence-corrected chi connectivity index (χ4v) is 10.2. The van der Waals surface area contributed by atoms with Crippen LogP contribution in [-0.4, -0.2) is 11.1 Å². The Morgan fingerprint density at radius 1 is 0.404 bits per heavy atom. The Morgan fingerprint density at radius 2 is 0.965 bits per heavy atom. The van der Waals surface area contributed by atoms with E-state index in [0.29, 0.717) is 0 Å². The van der Waals surface area contributed by atoms with Crippen LogP contribution in [0.25, 0.3) is 110 Å². The van der Waals surface area contributed by atoms with Crippen LogP contribution in [0.2, 0.25) is 0 Å². The van der Waals surface area contributed by atoms with Gasteiger partial charge in [-0.15, -0.1) is 0 Å². The minimum Gasteiger partial charge on any atom is -0.484 e. The average Bonchev–Trinajstić information content (AvgIpc) is 3.64. The van der Waals surface area contributed by atoms with Crippen molar-refractivity contribution in [2.75, 3.05) is 0 Å². The lowest BCUT2D eigenvalue weighted by Crippen LogP contribution is -2.34. The lowest BCUT2D eigenvalue weighted by molar-refractivity contribution is 0.289. The van der Waals surface area contributed by atoms with Gasteiger partial charge in [0.1, 0.15) is 11.9 Å². The summed E-state index contributed by atoms with van der Waals surface area (Å²) >= 11 is 0. The summed E-state index contributed by atoms with van der Waals surface area (Å²) in [5, 5.41) is 18.2. The topological polar surface area (TPSA) is 22.1 Å². The molecule has 0 N–H and O–H groups in total. The summed E-state index contributed by atoms with van der Waals surface area (Å²) in [6.07, 6.45) is 4.67. The number of fused-ring (bicyclic) bond motifs is 14. The third kappa shape index (κ3) is 4.38. The van der Waals surface area contributed by atoms with Gasteiger partial charge in [0.2, 0.25) is 0 Å². The van der Waals surface area contributed by atoms with Crippen LogP contribution in [0.4, 0.5) is 0 Å². The molecule has 57 heavy (non-hydrogen) atoms. The van der Waals surface area contributed by atoms with E-state index in [0.717, 1.165) is 33.5 Å². The Kier molecular flexibility index (Phi) is 6.31. The molecule has 2 heterocycles. The summed E-state index contributed by atoms with van der Waals surface area (Å²) in [6.45, 7) is 0. The molecule has 11 aromatic rings. The molecule has 0 bridgehead atoms. The van der Waals surface area contributed by atoms with Crippen LogP contribution < -0.4 is 15.2 Å². The summed E-state index contributed by atoms with van der Waals surface area (Å²) in [5.74, 6) is 1.11. The number of nitrogens with zero attached hydrogens (tertiary/aromatic N) is 1. The third-order valence-electron chi connectivity index (χ3n) is 12.7. The van der Waals surface area contributed by atoms with E-state index in [1.807, 2.05) is 0 Å². The molecule has 0 saturated carbocycles. The predicted molar refractivity (Wildman–Crippen MR) is 239 cm³/mol. The zero-order valence-corrected chi connectivity index (χ0v) is 30.9. The summed E-state index contributed by atoms with van der Waals surface area (Å²) < 4.78 is 7.16. The number of benzene rings is 10. The van der Waals surface area contributed by atoms with E-state index in [2.05, 4.69) is 188 Å². The summed E-state index contributed by atoms with van der Waals surface area (Å²) in [4.78, 5) is 5.67. The minimum absolute atomic E-state index is 0.0738. The van der Waals surface area contributed by atoms with E-state index in [9.17, 15) is 0 Å². The second kappa shape index (κ2) is 11.6. The van der Waals surface area contributed by atoms with Gasteiger partial charge in [0.15, 0.2) is 0 Å². The Morgan fingerprint density at radius 3 is 1.68 bits per heavy atom. The predicted octanol–water partition coefficient (Wildman–Crippen LogP) is 12.6. The number of ether oxygens (including phenoxy) is 1. The maximum Gasteiger partial charge on any atom is 0.132 e. The highest BCUT2D eigenvalue weighted by Crippen LogP contribution is 2.54. The molecular weight excluding hydrogens is 691 g/mol. The molecule has 264 valence electrons. The van der Waals surface area contributed by atoms with Crippen molar-refractivity contribution < 1.29 is 4.74 Å². The smallest absolute Gasteiger partial charge is 0.132 e. The maximum absolute atomic E-state index is 7.16. The van der Waals surface area contributed by atoms with Crippen LogP contribution >= 0.6 is 0 Å². The lowest BCUT2D eigenvalue weighted by atomic mass is 9.82. The maximum atomic E-state index is 7.16. The van der Waals surface area contributed by atoms with Gasteiger partial charge in [-0.25, -0.2) is 4.98 Å². The van der Waals surface area contributed by atoms with Crippen molar-refractivity contribution in [2.24, 2.45) is 0 Å². The largest absolute Gasteiger partial charge is 0.484 e. The highest BCUT2D eigenvalue weighted by Gasteiger charge is 2.37. The van der Waals surface area contributed by atoms with Gasteiger partial charge in [0.05, 0.1) is 11.2 Å². The van der Waals surface area contributed by atoms with Gasteiger partial charge in [-0.1, -0.05) is 164 Å². The Hall–Kier alpha value is -7.29. The zero-order chi connectivity index (χ0) is 37.2. The number of aromatic nitrogens is 1. The van der Waals surface area contributed by atoms with E-state index in [-0.39, 0.29) is 12.0 Å². The SMILES string of the molecule is C1=c2ccccc2=CC2c3c(c(-c4c5ccccc5c(-c5nc6cc7ccccc7cc6c6c5ccc5ccccc56)c5ccccc45)cc4ccccc34)OC12. The fraction of sp³-hybridized carbons (Fsp3) is 0.0364. The summed E-state index contributed by atoms with van der Waals surface area (Å²) in [6, 6.07) is 64.3. The van der Waals surface area contributed by atoms with E-state index in [1.54, 1.807) is 0 Å². The molecule has 2 unspecified atom stereocenters. The molecule has 2 heteroatoms. The van der Waals surface area contributed by atoms with Gasteiger partial charge >= 0.3 is 0 Å². The van der Waals surface area contributed by atoms with Gasteiger partial charge in [-0.3, -0.25) is 0 Å². The molecule has 2 atom stereocenters. The average molecular weight is 724 g/mol. The molecule has 13 rings (SSSR count). The van der Waals surface area contributed by atoms with Crippen LogP contribution in [0.3, 0.4) is 0 Å². The van der Waals surface area contributed by atoms with Crippen molar-refractivity contribution in [3.05, 3.63) is 192 Å². The molecule has 1 aromatic heterocycles. The van der Waals surface area contributed by atoms with Gasteiger partial charge < -0.3 is 4.74 Å². The number of pyridine rings is 1. The molecule has 1 aliphatic heterocycles. The monoisotopic (exact) mass is 723 g/mol. The second-order valence-corrected chi connectivity index (χ2v) is 15.7.